The van der Waals surface area contributed by atoms with Gasteiger partial charge in [-0.3, -0.25) is 9.59 Å². The average molecular weight is 302 g/mol. The van der Waals surface area contributed by atoms with Gasteiger partial charge in [0.1, 0.15) is 11.6 Å². The van der Waals surface area contributed by atoms with Crippen LogP contribution in [0.2, 0.25) is 0 Å². The number of Topliss-reactive ketones (excluding diaryl/α,β-unsaturated/α-hetero) is 2. The van der Waals surface area contributed by atoms with Crippen molar-refractivity contribution in [3.63, 3.8) is 0 Å². The van der Waals surface area contributed by atoms with E-state index in [1.807, 2.05) is 0 Å². The summed E-state index contributed by atoms with van der Waals surface area (Å²) in [5.74, 6) is 3.19. The molecule has 0 aromatic carbocycles. The quantitative estimate of drug-likeness (QED) is 0.734. The third-order valence-electron chi connectivity index (χ3n) is 9.12. The number of hydrogen-bond donors (Lipinski definition) is 0. The Labute approximate surface area is 134 Å². The molecule has 4 saturated carbocycles. The van der Waals surface area contributed by atoms with E-state index in [0.29, 0.717) is 35.2 Å². The fraction of sp³-hybridized carbons (Fsp3) is 0.900. The maximum atomic E-state index is 13.0. The first-order valence-electron chi connectivity index (χ1n) is 9.17. The van der Waals surface area contributed by atoms with E-state index in [1.54, 1.807) is 0 Å². The zero-order chi connectivity index (χ0) is 16.2. The molecule has 0 heterocycles. The van der Waals surface area contributed by atoms with Gasteiger partial charge in [0.05, 0.1) is 0 Å². The lowest BCUT2D eigenvalue weighted by Gasteiger charge is -2.47. The summed E-state index contributed by atoms with van der Waals surface area (Å²) in [6.07, 6.45) is 2.07. The smallest absolute Gasteiger partial charge is 0.140 e. The van der Waals surface area contributed by atoms with Crippen LogP contribution >= 0.6 is 0 Å². The van der Waals surface area contributed by atoms with Crippen molar-refractivity contribution in [1.82, 2.24) is 0 Å². The maximum absolute atomic E-state index is 13.0. The Hall–Kier alpha value is -0.660. The van der Waals surface area contributed by atoms with Crippen molar-refractivity contribution in [2.45, 2.75) is 54.4 Å². The van der Waals surface area contributed by atoms with E-state index in [9.17, 15) is 9.59 Å². The molecule has 2 nitrogen and oxygen atoms in total. The third-order valence-corrected chi connectivity index (χ3v) is 9.12. The summed E-state index contributed by atoms with van der Waals surface area (Å²) in [6, 6.07) is 0. The van der Waals surface area contributed by atoms with Crippen LogP contribution in [0.15, 0.2) is 0 Å². The van der Waals surface area contributed by atoms with Gasteiger partial charge in [-0.2, -0.15) is 0 Å². The molecule has 4 aliphatic rings. The Morgan fingerprint density at radius 3 is 1.32 bits per heavy atom. The largest absolute Gasteiger partial charge is 0.299 e. The van der Waals surface area contributed by atoms with Crippen molar-refractivity contribution in [2.75, 3.05) is 0 Å². The molecule has 4 rings (SSSR count). The number of hydrogen-bond acceptors (Lipinski definition) is 2. The van der Waals surface area contributed by atoms with Crippen LogP contribution in [0, 0.1) is 58.2 Å². The monoisotopic (exact) mass is 302 g/mol. The van der Waals surface area contributed by atoms with Crippen molar-refractivity contribution < 1.29 is 9.59 Å². The van der Waals surface area contributed by atoms with Crippen LogP contribution in [0.1, 0.15) is 54.4 Å². The van der Waals surface area contributed by atoms with Gasteiger partial charge in [0.15, 0.2) is 0 Å². The molecule has 4 fully saturated rings. The van der Waals surface area contributed by atoms with Crippen LogP contribution in [0.3, 0.4) is 0 Å². The number of carbonyl (C=O) groups excluding carboxylic acids is 2. The molecule has 122 valence electrons. The molecule has 2 heteroatoms. The molecule has 4 bridgehead atoms. The molecule has 0 spiro atoms. The second kappa shape index (κ2) is 4.05. The van der Waals surface area contributed by atoms with E-state index in [4.69, 9.17) is 0 Å². The zero-order valence-corrected chi connectivity index (χ0v) is 14.8. The maximum Gasteiger partial charge on any atom is 0.140 e. The SMILES string of the molecule is C[C@@H]1[C@H]2C[C@@H]([C@H]([C@H]3C(=O)[C@H]4C[C@H]3C(C)(C)[C@H]4C)C2=O)C1(C)C. The van der Waals surface area contributed by atoms with Gasteiger partial charge in [-0.1, -0.05) is 41.5 Å². The van der Waals surface area contributed by atoms with Crippen LogP contribution in [0.5, 0.6) is 0 Å². The summed E-state index contributed by atoms with van der Waals surface area (Å²) in [4.78, 5) is 26.0. The minimum atomic E-state index is 0.0328. The summed E-state index contributed by atoms with van der Waals surface area (Å²) in [5, 5.41) is 0. The highest BCUT2D eigenvalue weighted by Crippen LogP contribution is 2.68. The Kier molecular flexibility index (Phi) is 2.74. The first-order chi connectivity index (χ1) is 10.1. The molecule has 0 saturated heterocycles. The summed E-state index contributed by atoms with van der Waals surface area (Å²) in [7, 11) is 0. The highest BCUT2D eigenvalue weighted by molar-refractivity contribution is 5.96. The zero-order valence-electron chi connectivity index (χ0n) is 14.8. The summed E-state index contributed by atoms with van der Waals surface area (Å²) < 4.78 is 0. The van der Waals surface area contributed by atoms with Gasteiger partial charge in [0.2, 0.25) is 0 Å². The first-order valence-corrected chi connectivity index (χ1v) is 9.17. The van der Waals surface area contributed by atoms with E-state index in [1.165, 1.54) is 0 Å². The van der Waals surface area contributed by atoms with Gasteiger partial charge in [0, 0.05) is 23.7 Å². The molecule has 0 N–H and O–H groups in total. The number of carbonyl (C=O) groups is 2. The molecule has 0 aromatic heterocycles. The number of fused-ring (bicyclic) bond motifs is 4. The minimum Gasteiger partial charge on any atom is -0.299 e. The van der Waals surface area contributed by atoms with Gasteiger partial charge in [-0.05, 0) is 47.3 Å². The highest BCUT2D eigenvalue weighted by Gasteiger charge is 2.68. The number of ketones is 2. The fourth-order valence-electron chi connectivity index (χ4n) is 6.96. The molecule has 4 aliphatic carbocycles. The van der Waals surface area contributed by atoms with E-state index in [0.717, 1.165) is 12.8 Å². The average Bonchev–Trinajstić information content (AvgIpc) is 3.06. The predicted octanol–water partition coefficient (Wildman–Crippen LogP) is 3.98. The van der Waals surface area contributed by atoms with Crippen molar-refractivity contribution in [1.29, 1.82) is 0 Å². The summed E-state index contributed by atoms with van der Waals surface area (Å²) in [5.41, 5.74) is 0.419. The van der Waals surface area contributed by atoms with Gasteiger partial charge in [-0.25, -0.2) is 0 Å². The van der Waals surface area contributed by atoms with Crippen LogP contribution in [0.25, 0.3) is 0 Å². The van der Waals surface area contributed by atoms with Crippen molar-refractivity contribution in [2.24, 2.45) is 58.2 Å². The third kappa shape index (κ3) is 1.43. The topological polar surface area (TPSA) is 34.1 Å². The molecule has 0 aliphatic heterocycles. The lowest BCUT2D eigenvalue weighted by Crippen LogP contribution is -2.50. The molecule has 22 heavy (non-hydrogen) atoms. The van der Waals surface area contributed by atoms with Crippen molar-refractivity contribution in [3.8, 4) is 0 Å². The predicted molar refractivity (Wildman–Crippen MR) is 86.1 cm³/mol. The first kappa shape index (κ1) is 14.9. The molecule has 0 amide bonds. The van der Waals surface area contributed by atoms with Gasteiger partial charge in [-0.15, -0.1) is 0 Å². The normalized spacial score (nSPS) is 54.5. The van der Waals surface area contributed by atoms with Gasteiger partial charge in [0.25, 0.3) is 0 Å². The van der Waals surface area contributed by atoms with Crippen LogP contribution in [-0.2, 0) is 9.59 Å². The van der Waals surface area contributed by atoms with Crippen molar-refractivity contribution in [3.05, 3.63) is 0 Å². The highest BCUT2D eigenvalue weighted by atomic mass is 16.1. The molecular formula is C20H30O2. The van der Waals surface area contributed by atoms with Crippen molar-refractivity contribution >= 4 is 11.6 Å². The van der Waals surface area contributed by atoms with Gasteiger partial charge < -0.3 is 0 Å². The lowest BCUT2D eigenvalue weighted by atomic mass is 9.55. The van der Waals surface area contributed by atoms with E-state index in [-0.39, 0.29) is 34.5 Å². The minimum absolute atomic E-state index is 0.0328. The van der Waals surface area contributed by atoms with Crippen LogP contribution in [-0.4, -0.2) is 11.6 Å². The van der Waals surface area contributed by atoms with E-state index >= 15 is 0 Å². The fourth-order valence-corrected chi connectivity index (χ4v) is 6.96. The van der Waals surface area contributed by atoms with Crippen LogP contribution < -0.4 is 0 Å². The Morgan fingerprint density at radius 2 is 1.05 bits per heavy atom. The molecule has 0 radical (unpaired) electrons. The van der Waals surface area contributed by atoms with E-state index < -0.39 is 0 Å². The summed E-state index contributed by atoms with van der Waals surface area (Å²) in [6.45, 7) is 13.8. The molecule has 8 atom stereocenters. The molecular weight excluding hydrogens is 272 g/mol. The Balaban J connectivity index is 1.72. The lowest BCUT2D eigenvalue weighted by molar-refractivity contribution is -0.145. The molecule has 0 unspecified atom stereocenters. The molecule has 0 aromatic rings. The van der Waals surface area contributed by atoms with E-state index in [2.05, 4.69) is 41.5 Å². The standard InChI is InChI=1S/C20H30O2/c1-9-11-7-13(19(9,3)4)15(17(11)21)16-14-8-12(18(16)22)10(2)20(14,5)6/h9-16H,7-8H2,1-6H3/t9-,10+,11-,12+,13+,14-,15-,16+. The summed E-state index contributed by atoms with van der Waals surface area (Å²) >= 11 is 0. The second-order valence-corrected chi connectivity index (χ2v) is 9.97. The second-order valence-electron chi connectivity index (χ2n) is 9.97. The van der Waals surface area contributed by atoms with Crippen LogP contribution in [0.4, 0.5) is 0 Å². The number of rotatable bonds is 1. The Bertz CT molecular complexity index is 508. The van der Waals surface area contributed by atoms with Gasteiger partial charge >= 0.3 is 0 Å². The Morgan fingerprint density at radius 1 is 0.727 bits per heavy atom.